The molecule has 0 radical (unpaired) electrons. The summed E-state index contributed by atoms with van der Waals surface area (Å²) in [5.74, 6) is -0.158. The van der Waals surface area contributed by atoms with Crippen molar-refractivity contribution >= 4 is 5.97 Å². The first kappa shape index (κ1) is 14.0. The summed E-state index contributed by atoms with van der Waals surface area (Å²) in [6.45, 7) is 0.0647. The number of rotatable bonds is 3. The normalized spacial score (nSPS) is 11.4. The number of nitrogens with zero attached hydrogens (tertiary/aromatic N) is 4. The van der Waals surface area contributed by atoms with Crippen molar-refractivity contribution in [2.45, 2.75) is 13.1 Å². The summed E-state index contributed by atoms with van der Waals surface area (Å²) in [7, 11) is 0. The van der Waals surface area contributed by atoms with Crippen LogP contribution in [-0.2, 0) is 4.74 Å². The summed E-state index contributed by atoms with van der Waals surface area (Å²) in [5, 5.41) is 4.00. The van der Waals surface area contributed by atoms with E-state index in [2.05, 4.69) is 19.8 Å². The molecule has 0 atom stereocenters. The van der Waals surface area contributed by atoms with E-state index in [1.165, 1.54) is 23.1 Å². The van der Waals surface area contributed by atoms with Gasteiger partial charge >= 0.3 is 12.1 Å². The van der Waals surface area contributed by atoms with Crippen molar-refractivity contribution in [1.29, 1.82) is 0 Å². The van der Waals surface area contributed by atoms with Gasteiger partial charge in [0.1, 0.15) is 12.2 Å². The Balaban J connectivity index is 2.06. The standard InChI is InChI=1S/C11H9F3N4O2/c1-7-16-6-18(17-7)9-3-2-8(4-15-9)10(19)20-5-11(12,13)14/h2-4,6H,5H2,1H3. The van der Waals surface area contributed by atoms with Gasteiger partial charge in [-0.25, -0.2) is 19.4 Å². The Labute approximate surface area is 111 Å². The Morgan fingerprint density at radius 2 is 2.10 bits per heavy atom. The van der Waals surface area contributed by atoms with Gasteiger partial charge in [0.15, 0.2) is 12.4 Å². The molecule has 0 N–H and O–H groups in total. The molecule has 0 aliphatic rings. The zero-order valence-corrected chi connectivity index (χ0v) is 10.3. The van der Waals surface area contributed by atoms with E-state index in [1.807, 2.05) is 0 Å². The van der Waals surface area contributed by atoms with Gasteiger partial charge < -0.3 is 4.74 Å². The Morgan fingerprint density at radius 1 is 1.35 bits per heavy atom. The first-order chi connectivity index (χ1) is 9.35. The number of aryl methyl sites for hydroxylation is 1. The summed E-state index contributed by atoms with van der Waals surface area (Å²) < 4.78 is 41.2. The minimum atomic E-state index is -4.55. The average molecular weight is 286 g/mol. The summed E-state index contributed by atoms with van der Waals surface area (Å²) >= 11 is 0. The molecular weight excluding hydrogens is 277 g/mol. The van der Waals surface area contributed by atoms with Gasteiger partial charge in [0, 0.05) is 6.20 Å². The predicted octanol–water partition coefficient (Wildman–Crippen LogP) is 1.69. The SMILES string of the molecule is Cc1ncn(-c2ccc(C(=O)OCC(F)(F)F)cn2)n1. The lowest BCUT2D eigenvalue weighted by Gasteiger charge is -2.07. The van der Waals surface area contributed by atoms with Crippen LogP contribution in [0.2, 0.25) is 0 Å². The van der Waals surface area contributed by atoms with E-state index in [4.69, 9.17) is 0 Å². The van der Waals surface area contributed by atoms with E-state index in [0.717, 1.165) is 6.20 Å². The molecule has 2 aromatic rings. The van der Waals surface area contributed by atoms with Crippen LogP contribution in [0.25, 0.3) is 5.82 Å². The number of esters is 1. The highest BCUT2D eigenvalue weighted by molar-refractivity contribution is 5.89. The fourth-order valence-electron chi connectivity index (χ4n) is 1.33. The molecule has 0 fully saturated rings. The van der Waals surface area contributed by atoms with Crippen LogP contribution < -0.4 is 0 Å². The third kappa shape index (κ3) is 3.53. The van der Waals surface area contributed by atoms with E-state index >= 15 is 0 Å². The highest BCUT2D eigenvalue weighted by Crippen LogP contribution is 2.15. The van der Waals surface area contributed by atoms with Crippen molar-refractivity contribution in [3.8, 4) is 5.82 Å². The van der Waals surface area contributed by atoms with Crippen LogP contribution >= 0.6 is 0 Å². The van der Waals surface area contributed by atoms with Crippen LogP contribution in [0.1, 0.15) is 16.2 Å². The Hall–Kier alpha value is -2.45. The molecule has 6 nitrogen and oxygen atoms in total. The molecule has 0 amide bonds. The smallest absolute Gasteiger partial charge is 0.422 e. The van der Waals surface area contributed by atoms with Crippen molar-refractivity contribution in [1.82, 2.24) is 19.7 Å². The monoisotopic (exact) mass is 286 g/mol. The number of hydrogen-bond donors (Lipinski definition) is 0. The van der Waals surface area contributed by atoms with Crippen LogP contribution in [-0.4, -0.2) is 38.5 Å². The Morgan fingerprint density at radius 3 is 2.60 bits per heavy atom. The Kier molecular flexibility index (Phi) is 3.68. The largest absolute Gasteiger partial charge is 0.452 e. The number of carbonyl (C=O) groups is 1. The van der Waals surface area contributed by atoms with Crippen molar-refractivity contribution < 1.29 is 22.7 Å². The molecule has 9 heteroatoms. The minimum Gasteiger partial charge on any atom is -0.452 e. The van der Waals surface area contributed by atoms with Crippen LogP contribution in [0.4, 0.5) is 13.2 Å². The number of pyridine rings is 1. The number of halogens is 3. The Bertz CT molecular complexity index is 607. The summed E-state index contributed by atoms with van der Waals surface area (Å²) in [4.78, 5) is 19.2. The van der Waals surface area contributed by atoms with Gasteiger partial charge in [-0.1, -0.05) is 0 Å². The molecule has 0 saturated carbocycles. The van der Waals surface area contributed by atoms with Gasteiger partial charge in [-0.2, -0.15) is 18.3 Å². The zero-order chi connectivity index (χ0) is 14.8. The van der Waals surface area contributed by atoms with Gasteiger partial charge in [0.05, 0.1) is 5.56 Å². The second kappa shape index (κ2) is 5.27. The maximum Gasteiger partial charge on any atom is 0.422 e. The fourth-order valence-corrected chi connectivity index (χ4v) is 1.33. The molecule has 2 aromatic heterocycles. The van der Waals surface area contributed by atoms with Crippen molar-refractivity contribution in [2.24, 2.45) is 0 Å². The van der Waals surface area contributed by atoms with Crippen LogP contribution in [0, 0.1) is 6.92 Å². The highest BCUT2D eigenvalue weighted by atomic mass is 19.4. The van der Waals surface area contributed by atoms with E-state index in [1.54, 1.807) is 6.92 Å². The van der Waals surface area contributed by atoms with Gasteiger partial charge in [0.25, 0.3) is 0 Å². The molecule has 0 saturated heterocycles. The molecule has 0 unspecified atom stereocenters. The highest BCUT2D eigenvalue weighted by Gasteiger charge is 2.29. The van der Waals surface area contributed by atoms with E-state index in [0.29, 0.717) is 11.6 Å². The second-order valence-corrected chi connectivity index (χ2v) is 3.83. The second-order valence-electron chi connectivity index (χ2n) is 3.83. The lowest BCUT2D eigenvalue weighted by Crippen LogP contribution is -2.20. The maximum atomic E-state index is 11.9. The summed E-state index contributed by atoms with van der Waals surface area (Å²) in [5.41, 5.74) is -0.0742. The van der Waals surface area contributed by atoms with Gasteiger partial charge in [-0.05, 0) is 19.1 Å². The molecular formula is C11H9F3N4O2. The van der Waals surface area contributed by atoms with Crippen molar-refractivity contribution in [3.63, 3.8) is 0 Å². The number of hydrogen-bond acceptors (Lipinski definition) is 5. The van der Waals surface area contributed by atoms with Gasteiger partial charge in [-0.3, -0.25) is 0 Å². The van der Waals surface area contributed by atoms with E-state index < -0.39 is 18.8 Å². The van der Waals surface area contributed by atoms with Crippen molar-refractivity contribution in [3.05, 3.63) is 36.0 Å². The fraction of sp³-hybridized carbons (Fsp3) is 0.273. The molecule has 2 heterocycles. The topological polar surface area (TPSA) is 69.9 Å². The summed E-state index contributed by atoms with van der Waals surface area (Å²) in [6, 6.07) is 2.73. The molecule has 106 valence electrons. The molecule has 0 aromatic carbocycles. The zero-order valence-electron chi connectivity index (χ0n) is 10.3. The third-order valence-electron chi connectivity index (χ3n) is 2.19. The van der Waals surface area contributed by atoms with E-state index in [-0.39, 0.29) is 5.56 Å². The number of alkyl halides is 3. The maximum absolute atomic E-state index is 11.9. The molecule has 2 rings (SSSR count). The lowest BCUT2D eigenvalue weighted by atomic mass is 10.3. The lowest BCUT2D eigenvalue weighted by molar-refractivity contribution is -0.161. The third-order valence-corrected chi connectivity index (χ3v) is 2.19. The first-order valence-corrected chi connectivity index (χ1v) is 5.44. The molecule has 0 bridgehead atoms. The van der Waals surface area contributed by atoms with Crippen LogP contribution in [0.15, 0.2) is 24.7 Å². The van der Waals surface area contributed by atoms with Crippen LogP contribution in [0.5, 0.6) is 0 Å². The predicted molar refractivity (Wildman–Crippen MR) is 60.2 cm³/mol. The number of aromatic nitrogens is 4. The minimum absolute atomic E-state index is 0.0742. The molecule has 0 spiro atoms. The molecule has 0 aliphatic heterocycles. The van der Waals surface area contributed by atoms with Gasteiger partial charge in [0.2, 0.25) is 0 Å². The first-order valence-electron chi connectivity index (χ1n) is 5.44. The van der Waals surface area contributed by atoms with Crippen LogP contribution in [0.3, 0.4) is 0 Å². The quantitative estimate of drug-likeness (QED) is 0.803. The van der Waals surface area contributed by atoms with Crippen molar-refractivity contribution in [2.75, 3.05) is 6.61 Å². The summed E-state index contributed by atoms with van der Waals surface area (Å²) in [6.07, 6.45) is -2.01. The average Bonchev–Trinajstić information content (AvgIpc) is 2.82. The number of ether oxygens (including phenoxy) is 1. The van der Waals surface area contributed by atoms with Gasteiger partial charge in [-0.15, -0.1) is 0 Å². The number of carbonyl (C=O) groups excluding carboxylic acids is 1. The van der Waals surface area contributed by atoms with E-state index in [9.17, 15) is 18.0 Å². The molecule has 20 heavy (non-hydrogen) atoms. The molecule has 0 aliphatic carbocycles.